The summed E-state index contributed by atoms with van der Waals surface area (Å²) in [4.78, 5) is 2.26. The third kappa shape index (κ3) is 7.16. The first-order valence-electron chi connectivity index (χ1n) is 10.3. The van der Waals surface area contributed by atoms with Crippen LogP contribution in [-0.2, 0) is 0 Å². The van der Waals surface area contributed by atoms with Crippen molar-refractivity contribution >= 4 is 27.3 Å². The van der Waals surface area contributed by atoms with E-state index in [1.165, 1.54) is 14.1 Å². The number of nitrogens with zero attached hydrogens (tertiary/aromatic N) is 2. The Bertz CT molecular complexity index is 1010. The van der Waals surface area contributed by atoms with Crippen LogP contribution in [0.3, 0.4) is 0 Å². The normalized spacial score (nSPS) is 12.2. The van der Waals surface area contributed by atoms with E-state index in [4.69, 9.17) is 0 Å². The van der Waals surface area contributed by atoms with Crippen molar-refractivity contribution < 1.29 is 26.3 Å². The second-order valence-corrected chi connectivity index (χ2v) is 9.03. The van der Waals surface area contributed by atoms with Crippen molar-refractivity contribution in [1.82, 2.24) is 0 Å². The zero-order valence-electron chi connectivity index (χ0n) is 18.5. The molecule has 0 N–H and O–H groups in total. The predicted octanol–water partition coefficient (Wildman–Crippen LogP) is 7.63. The van der Waals surface area contributed by atoms with Crippen LogP contribution in [0.15, 0.2) is 77.3 Å². The molecule has 182 valence electrons. The van der Waals surface area contributed by atoms with Crippen LogP contribution in [0.5, 0.6) is 0 Å². The minimum atomic E-state index is -4.31. The van der Waals surface area contributed by atoms with Crippen LogP contribution in [-0.4, -0.2) is 39.5 Å². The van der Waals surface area contributed by atoms with Crippen LogP contribution in [0.1, 0.15) is 22.6 Å². The highest BCUT2D eigenvalue weighted by Gasteiger charge is 2.30. The Balaban J connectivity index is 1.94. The Morgan fingerprint density at radius 3 is 1.41 bits per heavy atom. The maximum Gasteiger partial charge on any atom is 0.405 e. The van der Waals surface area contributed by atoms with Gasteiger partial charge in [0.15, 0.2) is 0 Å². The van der Waals surface area contributed by atoms with Gasteiger partial charge in [0.05, 0.1) is 0 Å². The molecule has 0 saturated carbocycles. The molecule has 0 amide bonds. The second kappa shape index (κ2) is 10.3. The quantitative estimate of drug-likeness (QED) is 0.223. The van der Waals surface area contributed by atoms with Gasteiger partial charge in [0.2, 0.25) is 0 Å². The predicted molar refractivity (Wildman–Crippen MR) is 127 cm³/mol. The molecule has 0 unspecified atom stereocenters. The zero-order chi connectivity index (χ0) is 25.1. The summed E-state index contributed by atoms with van der Waals surface area (Å²) < 4.78 is 77.3. The van der Waals surface area contributed by atoms with Crippen molar-refractivity contribution in [3.05, 3.63) is 94.0 Å². The van der Waals surface area contributed by atoms with Crippen LogP contribution in [0.2, 0.25) is 0 Å². The van der Waals surface area contributed by atoms with Crippen molar-refractivity contribution in [3.63, 3.8) is 0 Å². The van der Waals surface area contributed by atoms with Gasteiger partial charge in [-0.05, 0) is 53.1 Å². The molecule has 0 aliphatic heterocycles. The van der Waals surface area contributed by atoms with Crippen molar-refractivity contribution in [2.45, 2.75) is 18.3 Å². The average molecular weight is 545 g/mol. The van der Waals surface area contributed by atoms with E-state index in [1.807, 2.05) is 24.3 Å². The first-order valence-corrected chi connectivity index (χ1v) is 11.1. The first kappa shape index (κ1) is 25.9. The van der Waals surface area contributed by atoms with E-state index in [0.717, 1.165) is 31.0 Å². The monoisotopic (exact) mass is 544 g/mol. The molecule has 2 nitrogen and oxygen atoms in total. The number of rotatable bonds is 7. The minimum absolute atomic E-state index is 0.263. The van der Waals surface area contributed by atoms with Crippen LogP contribution in [0.25, 0.3) is 0 Å². The van der Waals surface area contributed by atoms with Crippen molar-refractivity contribution in [1.29, 1.82) is 0 Å². The summed E-state index contributed by atoms with van der Waals surface area (Å²) in [5.41, 5.74) is 3.48. The molecule has 3 rings (SSSR count). The largest absolute Gasteiger partial charge is 0.405 e. The maximum atomic E-state index is 12.7. The van der Waals surface area contributed by atoms with Crippen LogP contribution in [0.4, 0.5) is 37.7 Å². The van der Waals surface area contributed by atoms with Gasteiger partial charge in [-0.3, -0.25) is 0 Å². The fraction of sp³-hybridized carbons (Fsp3) is 0.280. The Morgan fingerprint density at radius 1 is 0.647 bits per heavy atom. The Labute approximate surface area is 202 Å². The fourth-order valence-electron chi connectivity index (χ4n) is 3.83. The molecule has 0 fully saturated rings. The van der Waals surface area contributed by atoms with E-state index < -0.39 is 25.4 Å². The maximum absolute atomic E-state index is 12.7. The van der Waals surface area contributed by atoms with Gasteiger partial charge < -0.3 is 9.80 Å². The summed E-state index contributed by atoms with van der Waals surface area (Å²) in [6.07, 6.45) is -8.62. The lowest BCUT2D eigenvalue weighted by molar-refractivity contribution is -0.120. The Morgan fingerprint density at radius 2 is 1.06 bits per heavy atom. The molecule has 0 aromatic heterocycles. The molecule has 3 aromatic carbocycles. The van der Waals surface area contributed by atoms with Gasteiger partial charge in [0.25, 0.3) is 0 Å². The van der Waals surface area contributed by atoms with Crippen molar-refractivity contribution in [3.8, 4) is 0 Å². The van der Waals surface area contributed by atoms with E-state index in [0.29, 0.717) is 11.4 Å². The van der Waals surface area contributed by atoms with Crippen molar-refractivity contribution in [2.24, 2.45) is 0 Å². The molecule has 0 bridgehead atoms. The number of hydrogen-bond donors (Lipinski definition) is 0. The number of hydrogen-bond acceptors (Lipinski definition) is 2. The van der Waals surface area contributed by atoms with E-state index >= 15 is 0 Å². The summed E-state index contributed by atoms with van der Waals surface area (Å²) >= 11 is 3.47. The lowest BCUT2D eigenvalue weighted by atomic mass is 9.85. The Kier molecular flexibility index (Phi) is 7.85. The lowest BCUT2D eigenvalue weighted by Crippen LogP contribution is -2.30. The average Bonchev–Trinajstić information content (AvgIpc) is 2.72. The Hall–Kier alpha value is -2.68. The van der Waals surface area contributed by atoms with Gasteiger partial charge in [-0.2, -0.15) is 26.3 Å². The lowest BCUT2D eigenvalue weighted by Gasteiger charge is -2.24. The van der Waals surface area contributed by atoms with Gasteiger partial charge in [-0.25, -0.2) is 0 Å². The van der Waals surface area contributed by atoms with Crippen molar-refractivity contribution in [2.75, 3.05) is 37.0 Å². The molecule has 0 atom stereocenters. The molecule has 9 heteroatoms. The molecule has 0 heterocycles. The summed E-state index contributed by atoms with van der Waals surface area (Å²) in [6, 6.07) is 21.3. The van der Waals surface area contributed by atoms with E-state index in [2.05, 4.69) is 15.9 Å². The summed E-state index contributed by atoms with van der Waals surface area (Å²) in [5, 5.41) is 0. The summed E-state index contributed by atoms with van der Waals surface area (Å²) in [7, 11) is 2.76. The number of halogens is 7. The number of alkyl halides is 6. The molecule has 0 saturated heterocycles. The second-order valence-electron chi connectivity index (χ2n) is 8.11. The van der Waals surface area contributed by atoms with Crippen LogP contribution >= 0.6 is 15.9 Å². The highest BCUT2D eigenvalue weighted by Crippen LogP contribution is 2.35. The van der Waals surface area contributed by atoms with Gasteiger partial charge in [0.1, 0.15) is 13.1 Å². The fourth-order valence-corrected chi connectivity index (χ4v) is 4.24. The topological polar surface area (TPSA) is 6.48 Å². The highest BCUT2D eigenvalue weighted by molar-refractivity contribution is 9.10. The van der Waals surface area contributed by atoms with Crippen LogP contribution in [0, 0.1) is 0 Å². The molecule has 0 radical (unpaired) electrons. The molecule has 34 heavy (non-hydrogen) atoms. The minimum Gasteiger partial charge on any atom is -0.366 e. The number of benzene rings is 3. The molecule has 0 aliphatic carbocycles. The van der Waals surface area contributed by atoms with E-state index in [1.54, 1.807) is 48.5 Å². The van der Waals surface area contributed by atoms with Gasteiger partial charge >= 0.3 is 12.4 Å². The van der Waals surface area contributed by atoms with E-state index in [9.17, 15) is 26.3 Å². The van der Waals surface area contributed by atoms with Gasteiger partial charge in [0, 0.05) is 35.9 Å². The zero-order valence-corrected chi connectivity index (χ0v) is 20.0. The molecule has 3 aromatic rings. The molecular formula is C25H23BrF6N2. The first-order chi connectivity index (χ1) is 15.8. The third-order valence-electron chi connectivity index (χ3n) is 5.35. The smallest absolute Gasteiger partial charge is 0.366 e. The molecule has 0 spiro atoms. The van der Waals surface area contributed by atoms with E-state index in [-0.39, 0.29) is 5.92 Å². The highest BCUT2D eigenvalue weighted by atomic mass is 79.9. The molecule has 0 aliphatic rings. The van der Waals surface area contributed by atoms with Crippen LogP contribution < -0.4 is 9.80 Å². The summed E-state index contributed by atoms with van der Waals surface area (Å²) in [6.45, 7) is -2.12. The number of anilines is 2. The van der Waals surface area contributed by atoms with Gasteiger partial charge in [-0.15, -0.1) is 0 Å². The summed E-state index contributed by atoms with van der Waals surface area (Å²) in [5.74, 6) is -0.263. The molecular weight excluding hydrogens is 522 g/mol. The van der Waals surface area contributed by atoms with Gasteiger partial charge in [-0.1, -0.05) is 52.3 Å². The standard InChI is InChI=1S/C25H23BrF6N2/c1-33(15-24(27,28)29)21-10-6-17(7-11-21)23(19-4-3-5-20(26)14-19)18-8-12-22(13-9-18)34(2)16-25(30,31)32/h3-14,23H,15-16H2,1-2H3. The SMILES string of the molecule is CN(CC(F)(F)F)c1ccc(C(c2ccc(N(C)CC(F)(F)F)cc2)c2cccc(Br)c2)cc1. The third-order valence-corrected chi connectivity index (χ3v) is 5.84.